The lowest BCUT2D eigenvalue weighted by atomic mass is 9.83. The maximum atomic E-state index is 12.5. The number of carbonyl (C=O) groups excluding carboxylic acids is 1. The van der Waals surface area contributed by atoms with Crippen LogP contribution in [0.5, 0.6) is 0 Å². The molecule has 0 spiro atoms. The number of Topliss-reactive ketones (excluding diaryl/α,β-unsaturated/α-hetero) is 1. The van der Waals surface area contributed by atoms with E-state index in [2.05, 4.69) is 44.4 Å². The van der Waals surface area contributed by atoms with Crippen LogP contribution in [0.3, 0.4) is 0 Å². The molecule has 0 aliphatic carbocycles. The predicted molar refractivity (Wildman–Crippen MR) is 73.9 cm³/mol. The lowest BCUT2D eigenvalue weighted by Gasteiger charge is -2.41. The van der Waals surface area contributed by atoms with Crippen LogP contribution in [0.4, 0.5) is 0 Å². The van der Waals surface area contributed by atoms with E-state index < -0.39 is 0 Å². The minimum Gasteiger partial charge on any atom is -0.298 e. The lowest BCUT2D eigenvalue weighted by Crippen LogP contribution is -2.53. The standard InChI is InChI=1S/C15H27NO/c1-6-11-12-13-14(17)15(7-2,8-3)16(9-4)10-5/h7-10,12-13H2,1-5H3. The zero-order valence-corrected chi connectivity index (χ0v) is 12.1. The van der Waals surface area contributed by atoms with E-state index in [0.717, 1.165) is 25.9 Å². The second kappa shape index (κ2) is 8.31. The van der Waals surface area contributed by atoms with E-state index >= 15 is 0 Å². The lowest BCUT2D eigenvalue weighted by molar-refractivity contribution is -0.131. The minimum absolute atomic E-state index is 0.265. The molecule has 17 heavy (non-hydrogen) atoms. The molecule has 0 aromatic heterocycles. The van der Waals surface area contributed by atoms with E-state index in [4.69, 9.17) is 0 Å². The molecule has 98 valence electrons. The summed E-state index contributed by atoms with van der Waals surface area (Å²) in [6.07, 6.45) is 3.06. The number of hydrogen-bond acceptors (Lipinski definition) is 2. The summed E-state index contributed by atoms with van der Waals surface area (Å²) in [5.41, 5.74) is -0.265. The average molecular weight is 237 g/mol. The zero-order chi connectivity index (χ0) is 13.3. The van der Waals surface area contributed by atoms with Crippen molar-refractivity contribution < 1.29 is 4.79 Å². The summed E-state index contributed by atoms with van der Waals surface area (Å²) in [5, 5.41) is 0. The van der Waals surface area contributed by atoms with Crippen LogP contribution in [-0.2, 0) is 4.79 Å². The third kappa shape index (κ3) is 3.85. The first-order chi connectivity index (χ1) is 8.12. The molecule has 0 unspecified atom stereocenters. The molecule has 0 N–H and O–H groups in total. The van der Waals surface area contributed by atoms with Crippen LogP contribution in [-0.4, -0.2) is 29.3 Å². The van der Waals surface area contributed by atoms with E-state index in [0.29, 0.717) is 18.6 Å². The summed E-state index contributed by atoms with van der Waals surface area (Å²) in [5.74, 6) is 6.19. The molecule has 0 saturated heterocycles. The van der Waals surface area contributed by atoms with Gasteiger partial charge in [0.1, 0.15) is 0 Å². The minimum atomic E-state index is -0.265. The summed E-state index contributed by atoms with van der Waals surface area (Å²) >= 11 is 0. The molecule has 0 radical (unpaired) electrons. The third-order valence-electron chi connectivity index (χ3n) is 3.71. The predicted octanol–water partition coefficient (Wildman–Crippen LogP) is 3.26. The number of carbonyl (C=O) groups is 1. The van der Waals surface area contributed by atoms with E-state index in [1.54, 1.807) is 0 Å². The Morgan fingerprint density at radius 3 is 2.00 bits per heavy atom. The average Bonchev–Trinajstić information content (AvgIpc) is 2.36. The quantitative estimate of drug-likeness (QED) is 0.604. The van der Waals surface area contributed by atoms with Crippen molar-refractivity contribution in [3.8, 4) is 11.8 Å². The van der Waals surface area contributed by atoms with Crippen molar-refractivity contribution in [1.29, 1.82) is 0 Å². The fraction of sp³-hybridized carbons (Fsp3) is 0.800. The van der Waals surface area contributed by atoms with Crippen LogP contribution in [0.2, 0.25) is 0 Å². The zero-order valence-electron chi connectivity index (χ0n) is 12.1. The van der Waals surface area contributed by atoms with Crippen LogP contribution >= 0.6 is 0 Å². The Balaban J connectivity index is 4.88. The highest BCUT2D eigenvalue weighted by molar-refractivity contribution is 5.88. The Labute approximate surface area is 107 Å². The molecule has 0 amide bonds. The van der Waals surface area contributed by atoms with Gasteiger partial charge in [0.25, 0.3) is 0 Å². The molecular formula is C15H27NO. The Morgan fingerprint density at radius 1 is 1.12 bits per heavy atom. The monoisotopic (exact) mass is 237 g/mol. The first-order valence-corrected chi connectivity index (χ1v) is 6.80. The van der Waals surface area contributed by atoms with Gasteiger partial charge in [-0.15, -0.1) is 11.8 Å². The molecule has 0 saturated carbocycles. The Morgan fingerprint density at radius 2 is 1.65 bits per heavy atom. The molecule has 0 heterocycles. The first kappa shape index (κ1) is 16.2. The number of nitrogens with zero attached hydrogens (tertiary/aromatic N) is 1. The normalized spacial score (nSPS) is 11.2. The molecular weight excluding hydrogens is 210 g/mol. The van der Waals surface area contributed by atoms with Gasteiger partial charge in [-0.3, -0.25) is 9.69 Å². The van der Waals surface area contributed by atoms with Gasteiger partial charge in [-0.25, -0.2) is 0 Å². The van der Waals surface area contributed by atoms with Crippen LogP contribution < -0.4 is 0 Å². The topological polar surface area (TPSA) is 20.3 Å². The van der Waals surface area contributed by atoms with Gasteiger partial charge in [0.05, 0.1) is 5.54 Å². The second-order valence-electron chi connectivity index (χ2n) is 4.26. The smallest absolute Gasteiger partial charge is 0.154 e. The molecule has 0 aromatic rings. The fourth-order valence-electron chi connectivity index (χ4n) is 2.63. The van der Waals surface area contributed by atoms with Gasteiger partial charge in [-0.05, 0) is 32.9 Å². The molecule has 0 fully saturated rings. The summed E-state index contributed by atoms with van der Waals surface area (Å²) in [6.45, 7) is 12.2. The summed E-state index contributed by atoms with van der Waals surface area (Å²) in [6, 6.07) is 0. The molecule has 2 nitrogen and oxygen atoms in total. The van der Waals surface area contributed by atoms with Gasteiger partial charge in [0.2, 0.25) is 0 Å². The summed E-state index contributed by atoms with van der Waals surface area (Å²) in [4.78, 5) is 14.8. The van der Waals surface area contributed by atoms with E-state index in [1.807, 2.05) is 6.92 Å². The Hall–Kier alpha value is -0.810. The number of ketones is 1. The van der Waals surface area contributed by atoms with Crippen molar-refractivity contribution in [3.05, 3.63) is 0 Å². The van der Waals surface area contributed by atoms with Gasteiger partial charge in [0, 0.05) is 12.8 Å². The van der Waals surface area contributed by atoms with Crippen LogP contribution in [0, 0.1) is 11.8 Å². The van der Waals surface area contributed by atoms with Crippen LogP contribution in [0.15, 0.2) is 0 Å². The van der Waals surface area contributed by atoms with Crippen molar-refractivity contribution in [2.75, 3.05) is 13.1 Å². The fourth-order valence-corrected chi connectivity index (χ4v) is 2.63. The van der Waals surface area contributed by atoms with Crippen LogP contribution in [0.25, 0.3) is 0 Å². The van der Waals surface area contributed by atoms with Crippen LogP contribution in [0.1, 0.15) is 60.3 Å². The van der Waals surface area contributed by atoms with E-state index in [9.17, 15) is 4.79 Å². The highest BCUT2D eigenvalue weighted by atomic mass is 16.1. The number of hydrogen-bond donors (Lipinski definition) is 0. The highest BCUT2D eigenvalue weighted by Crippen LogP contribution is 2.26. The number of rotatable bonds is 8. The van der Waals surface area contributed by atoms with Gasteiger partial charge >= 0.3 is 0 Å². The molecule has 0 aromatic carbocycles. The molecule has 0 aliphatic rings. The molecule has 0 rings (SSSR count). The molecule has 0 bridgehead atoms. The first-order valence-electron chi connectivity index (χ1n) is 6.80. The second-order valence-corrected chi connectivity index (χ2v) is 4.26. The Bertz CT molecular complexity index is 277. The molecule has 0 aliphatic heterocycles. The van der Waals surface area contributed by atoms with Crippen molar-refractivity contribution in [2.24, 2.45) is 0 Å². The van der Waals surface area contributed by atoms with Crippen molar-refractivity contribution in [2.45, 2.75) is 65.8 Å². The highest BCUT2D eigenvalue weighted by Gasteiger charge is 2.38. The van der Waals surface area contributed by atoms with Crippen molar-refractivity contribution in [3.63, 3.8) is 0 Å². The summed E-state index contributed by atoms with van der Waals surface area (Å²) in [7, 11) is 0. The van der Waals surface area contributed by atoms with E-state index in [1.165, 1.54) is 0 Å². The van der Waals surface area contributed by atoms with E-state index in [-0.39, 0.29) is 5.54 Å². The maximum Gasteiger partial charge on any atom is 0.154 e. The van der Waals surface area contributed by atoms with Gasteiger partial charge in [-0.2, -0.15) is 0 Å². The number of likely N-dealkylation sites (N-methyl/N-ethyl adjacent to an activating group) is 1. The summed E-state index contributed by atoms with van der Waals surface area (Å²) < 4.78 is 0. The van der Waals surface area contributed by atoms with Gasteiger partial charge in [0.15, 0.2) is 5.78 Å². The van der Waals surface area contributed by atoms with Crippen molar-refractivity contribution in [1.82, 2.24) is 4.90 Å². The largest absolute Gasteiger partial charge is 0.298 e. The van der Waals surface area contributed by atoms with Gasteiger partial charge < -0.3 is 0 Å². The third-order valence-corrected chi connectivity index (χ3v) is 3.71. The van der Waals surface area contributed by atoms with Gasteiger partial charge in [-0.1, -0.05) is 27.7 Å². The maximum absolute atomic E-state index is 12.5. The molecule has 0 atom stereocenters. The SMILES string of the molecule is CC#CCCC(=O)C(CC)(CC)N(CC)CC. The van der Waals surface area contributed by atoms with Crippen molar-refractivity contribution >= 4 is 5.78 Å². The Kier molecular flexibility index (Phi) is 7.91. The molecule has 2 heteroatoms.